The van der Waals surface area contributed by atoms with Crippen LogP contribution in [0.5, 0.6) is 5.75 Å². The van der Waals surface area contributed by atoms with E-state index >= 15 is 0 Å². The van der Waals surface area contributed by atoms with Gasteiger partial charge in [0.15, 0.2) is 0 Å². The summed E-state index contributed by atoms with van der Waals surface area (Å²) in [6.45, 7) is 0.927. The molecule has 1 aliphatic rings. The van der Waals surface area contributed by atoms with Crippen molar-refractivity contribution in [2.75, 3.05) is 12.4 Å². The molecule has 2 heterocycles. The maximum Gasteiger partial charge on any atom is 0.275 e. The van der Waals surface area contributed by atoms with Gasteiger partial charge in [-0.1, -0.05) is 11.6 Å². The van der Waals surface area contributed by atoms with Crippen molar-refractivity contribution in [2.24, 2.45) is 0 Å². The smallest absolute Gasteiger partial charge is 0.275 e. The van der Waals surface area contributed by atoms with Crippen molar-refractivity contribution in [3.8, 4) is 5.75 Å². The van der Waals surface area contributed by atoms with Gasteiger partial charge in [0.2, 0.25) is 0 Å². The number of benzene rings is 1. The molecule has 5 nitrogen and oxygen atoms in total. The Bertz CT molecular complexity index is 658. The van der Waals surface area contributed by atoms with Crippen molar-refractivity contribution in [3.63, 3.8) is 0 Å². The van der Waals surface area contributed by atoms with Crippen LogP contribution in [0.15, 0.2) is 24.4 Å². The fourth-order valence-electron chi connectivity index (χ4n) is 2.49. The fourth-order valence-corrected chi connectivity index (χ4v) is 2.66. The third-order valence-corrected chi connectivity index (χ3v) is 3.79. The van der Waals surface area contributed by atoms with Gasteiger partial charge in [0.05, 0.1) is 12.8 Å². The molecule has 0 fully saturated rings. The van der Waals surface area contributed by atoms with Crippen LogP contribution in [0.3, 0.4) is 0 Å². The predicted octanol–water partition coefficient (Wildman–Crippen LogP) is 3.13. The number of aromatic nitrogens is 2. The van der Waals surface area contributed by atoms with E-state index in [2.05, 4.69) is 10.3 Å². The van der Waals surface area contributed by atoms with Gasteiger partial charge < -0.3 is 14.6 Å². The minimum absolute atomic E-state index is 0.252. The highest BCUT2D eigenvalue weighted by atomic mass is 35.5. The van der Waals surface area contributed by atoms with Crippen LogP contribution in [0.25, 0.3) is 0 Å². The van der Waals surface area contributed by atoms with E-state index in [1.165, 1.54) is 0 Å². The molecule has 0 saturated carbocycles. The number of halogens is 1. The average molecular weight is 306 g/mol. The molecule has 0 aliphatic carbocycles. The Labute approximate surface area is 127 Å². The van der Waals surface area contributed by atoms with E-state index in [0.29, 0.717) is 22.2 Å². The summed E-state index contributed by atoms with van der Waals surface area (Å²) in [6, 6.07) is 5.09. The summed E-state index contributed by atoms with van der Waals surface area (Å²) in [7, 11) is 1.55. The van der Waals surface area contributed by atoms with Gasteiger partial charge in [-0.3, -0.25) is 4.79 Å². The van der Waals surface area contributed by atoms with Gasteiger partial charge in [-0.25, -0.2) is 4.98 Å². The molecule has 3 rings (SSSR count). The van der Waals surface area contributed by atoms with Gasteiger partial charge in [-0.2, -0.15) is 0 Å². The van der Waals surface area contributed by atoms with Crippen molar-refractivity contribution >= 4 is 23.2 Å². The number of aryl methyl sites for hydroxylation is 2. The first kappa shape index (κ1) is 13.9. The molecule has 1 N–H and O–H groups in total. The number of rotatable bonds is 3. The topological polar surface area (TPSA) is 56.1 Å². The first-order chi connectivity index (χ1) is 10.2. The van der Waals surface area contributed by atoms with E-state index in [9.17, 15) is 4.79 Å². The molecular formula is C15H16ClN3O2. The molecule has 0 radical (unpaired) electrons. The third kappa shape index (κ3) is 2.88. The van der Waals surface area contributed by atoms with E-state index in [1.54, 1.807) is 31.5 Å². The highest BCUT2D eigenvalue weighted by Crippen LogP contribution is 2.28. The summed E-state index contributed by atoms with van der Waals surface area (Å²) in [5.41, 5.74) is 0.968. The highest BCUT2D eigenvalue weighted by Gasteiger charge is 2.18. The molecule has 0 spiro atoms. The molecule has 0 saturated heterocycles. The lowest BCUT2D eigenvalue weighted by atomic mass is 10.2. The van der Waals surface area contributed by atoms with E-state index in [4.69, 9.17) is 16.3 Å². The van der Waals surface area contributed by atoms with Gasteiger partial charge in [0.25, 0.3) is 5.91 Å². The highest BCUT2D eigenvalue weighted by molar-refractivity contribution is 6.31. The summed E-state index contributed by atoms with van der Waals surface area (Å²) in [5, 5.41) is 3.34. The van der Waals surface area contributed by atoms with Crippen LogP contribution in [0.4, 0.5) is 5.69 Å². The fraction of sp³-hybridized carbons (Fsp3) is 0.333. The molecule has 1 amide bonds. The van der Waals surface area contributed by atoms with E-state index < -0.39 is 0 Å². The number of nitrogens with one attached hydrogen (secondary N) is 1. The number of nitrogens with zero attached hydrogens (tertiary/aromatic N) is 2. The number of ether oxygens (including phenoxy) is 1. The van der Waals surface area contributed by atoms with Crippen LogP contribution in [0, 0.1) is 0 Å². The summed E-state index contributed by atoms with van der Waals surface area (Å²) < 4.78 is 7.27. The summed E-state index contributed by atoms with van der Waals surface area (Å²) in [4.78, 5) is 16.7. The monoisotopic (exact) mass is 305 g/mol. The Morgan fingerprint density at radius 2 is 2.29 bits per heavy atom. The maximum atomic E-state index is 12.3. The first-order valence-corrected chi connectivity index (χ1v) is 7.26. The van der Waals surface area contributed by atoms with Crippen molar-refractivity contribution in [1.82, 2.24) is 9.55 Å². The Morgan fingerprint density at radius 3 is 3.05 bits per heavy atom. The number of anilines is 1. The summed E-state index contributed by atoms with van der Waals surface area (Å²) in [5.74, 6) is 1.29. The largest absolute Gasteiger partial charge is 0.495 e. The maximum absolute atomic E-state index is 12.3. The second-order valence-electron chi connectivity index (χ2n) is 4.99. The van der Waals surface area contributed by atoms with E-state index in [1.807, 2.05) is 4.57 Å². The van der Waals surface area contributed by atoms with Crippen LogP contribution in [-0.4, -0.2) is 22.6 Å². The number of amides is 1. The van der Waals surface area contributed by atoms with Crippen molar-refractivity contribution in [1.29, 1.82) is 0 Å². The van der Waals surface area contributed by atoms with Crippen LogP contribution in [-0.2, 0) is 13.0 Å². The van der Waals surface area contributed by atoms with Gasteiger partial charge in [-0.05, 0) is 31.0 Å². The number of hydrogen-bond donors (Lipinski definition) is 1. The van der Waals surface area contributed by atoms with Crippen LogP contribution >= 0.6 is 11.6 Å². The molecule has 21 heavy (non-hydrogen) atoms. The Kier molecular flexibility index (Phi) is 3.84. The number of hydrogen-bond acceptors (Lipinski definition) is 3. The minimum Gasteiger partial charge on any atom is -0.495 e. The minimum atomic E-state index is -0.252. The van der Waals surface area contributed by atoms with Crippen molar-refractivity contribution < 1.29 is 9.53 Å². The molecule has 0 unspecified atom stereocenters. The molecular weight excluding hydrogens is 290 g/mol. The van der Waals surface area contributed by atoms with E-state index in [0.717, 1.165) is 31.6 Å². The third-order valence-electron chi connectivity index (χ3n) is 3.55. The molecule has 0 atom stereocenters. The normalized spacial score (nSPS) is 13.6. The standard InChI is InChI=1S/C15H16ClN3O2/c1-21-13-6-5-10(16)8-11(13)18-15(20)12-9-19-7-3-2-4-14(19)17-12/h5-6,8-9H,2-4,7H2,1H3,(H,18,20). The molecule has 0 bridgehead atoms. The lowest BCUT2D eigenvalue weighted by Crippen LogP contribution is -2.13. The molecule has 2 aromatic rings. The average Bonchev–Trinajstić information content (AvgIpc) is 2.91. The van der Waals surface area contributed by atoms with Gasteiger partial charge in [0.1, 0.15) is 17.3 Å². The first-order valence-electron chi connectivity index (χ1n) is 6.88. The second kappa shape index (κ2) is 5.77. The SMILES string of the molecule is COc1ccc(Cl)cc1NC(=O)c1cn2c(n1)CCCC2. The molecule has 110 valence electrons. The number of imidazole rings is 1. The molecule has 1 aliphatic heterocycles. The Morgan fingerprint density at radius 1 is 1.43 bits per heavy atom. The summed E-state index contributed by atoms with van der Waals surface area (Å²) >= 11 is 5.96. The number of carbonyl (C=O) groups excluding carboxylic acids is 1. The lowest BCUT2D eigenvalue weighted by Gasteiger charge is -2.11. The van der Waals surface area contributed by atoms with Crippen molar-refractivity contribution in [2.45, 2.75) is 25.8 Å². The lowest BCUT2D eigenvalue weighted by molar-refractivity contribution is 0.102. The van der Waals surface area contributed by atoms with Crippen LogP contribution < -0.4 is 10.1 Å². The van der Waals surface area contributed by atoms with Crippen LogP contribution in [0.2, 0.25) is 5.02 Å². The zero-order valence-electron chi connectivity index (χ0n) is 11.7. The van der Waals surface area contributed by atoms with Crippen molar-refractivity contribution in [3.05, 3.63) is 40.9 Å². The number of fused-ring (bicyclic) bond motifs is 1. The molecule has 6 heteroatoms. The van der Waals surface area contributed by atoms with Gasteiger partial charge >= 0.3 is 0 Å². The quantitative estimate of drug-likeness (QED) is 0.948. The van der Waals surface area contributed by atoms with Gasteiger partial charge in [-0.15, -0.1) is 0 Å². The second-order valence-corrected chi connectivity index (χ2v) is 5.43. The molecule has 1 aromatic carbocycles. The zero-order valence-corrected chi connectivity index (χ0v) is 12.5. The summed E-state index contributed by atoms with van der Waals surface area (Å²) in [6.07, 6.45) is 4.99. The Hall–Kier alpha value is -2.01. The zero-order chi connectivity index (χ0) is 14.8. The van der Waals surface area contributed by atoms with E-state index in [-0.39, 0.29) is 5.91 Å². The number of carbonyl (C=O) groups is 1. The molecule has 1 aromatic heterocycles. The van der Waals surface area contributed by atoms with Crippen LogP contribution in [0.1, 0.15) is 29.2 Å². The Balaban J connectivity index is 1.83. The number of methoxy groups -OCH3 is 1. The predicted molar refractivity (Wildman–Crippen MR) is 81.1 cm³/mol. The van der Waals surface area contributed by atoms with Gasteiger partial charge in [0, 0.05) is 24.2 Å².